The normalized spacial score (nSPS) is 26.8. The fraction of sp³-hybridized carbons (Fsp3) is 0. The molecular formula is Cl2N3P3. The van der Waals surface area contributed by atoms with Crippen molar-refractivity contribution in [1.29, 1.82) is 0 Å². The molecule has 8 heteroatoms. The van der Waals surface area contributed by atoms with Gasteiger partial charge >= 0.3 is 0 Å². The standard InChI is InChI=1S/Cl2N3P3/c1-8(2)4-6-3-7-5-8. The van der Waals surface area contributed by atoms with E-state index in [0.717, 1.165) is 0 Å². The molecule has 0 unspecified atom stereocenters. The fourth-order valence-corrected chi connectivity index (χ4v) is 3.56. The van der Waals surface area contributed by atoms with E-state index in [2.05, 4.69) is 13.5 Å². The summed E-state index contributed by atoms with van der Waals surface area (Å²) in [4.78, 5) is 0. The van der Waals surface area contributed by atoms with Crippen LogP contribution in [-0.4, -0.2) is 0 Å². The predicted molar refractivity (Wildman–Crippen MR) is 39.7 cm³/mol. The van der Waals surface area contributed by atoms with Gasteiger partial charge in [-0.2, -0.15) is 13.5 Å². The van der Waals surface area contributed by atoms with Gasteiger partial charge in [0.15, 0.2) is 17.0 Å². The Morgan fingerprint density at radius 2 is 2.00 bits per heavy atom. The molecule has 44 valence electrons. The summed E-state index contributed by atoms with van der Waals surface area (Å²) in [6.07, 6.45) is 0. The summed E-state index contributed by atoms with van der Waals surface area (Å²) in [6.45, 7) is 0. The lowest BCUT2D eigenvalue weighted by molar-refractivity contribution is 1.84. The van der Waals surface area contributed by atoms with E-state index >= 15 is 0 Å². The summed E-state index contributed by atoms with van der Waals surface area (Å²) >= 11 is 11.1. The summed E-state index contributed by atoms with van der Waals surface area (Å²) in [5.74, 6) is -2.26. The Hall–Kier alpha value is 1.01. The van der Waals surface area contributed by atoms with Crippen molar-refractivity contribution >= 4 is 45.4 Å². The molecule has 0 aromatic heterocycles. The van der Waals surface area contributed by atoms with Crippen LogP contribution in [0.5, 0.6) is 0 Å². The Morgan fingerprint density at radius 3 is 2.25 bits per heavy atom. The molecule has 1 rings (SSSR count). The summed E-state index contributed by atoms with van der Waals surface area (Å²) in [5.41, 5.74) is 0. The van der Waals surface area contributed by atoms with Gasteiger partial charge in [0.05, 0.1) is 0 Å². The van der Waals surface area contributed by atoms with Crippen molar-refractivity contribution in [3.63, 3.8) is 0 Å². The van der Waals surface area contributed by atoms with E-state index in [0.29, 0.717) is 17.0 Å². The van der Waals surface area contributed by atoms with Gasteiger partial charge in [-0.05, 0) is 22.5 Å². The molecule has 0 fully saturated rings. The molecular weight excluding hydrogens is 206 g/mol. The van der Waals surface area contributed by atoms with Gasteiger partial charge in [0.1, 0.15) is 0 Å². The molecule has 1 aliphatic rings. The second-order valence-corrected chi connectivity index (χ2v) is 7.67. The maximum atomic E-state index is 5.54. The molecule has 3 nitrogen and oxygen atoms in total. The summed E-state index contributed by atoms with van der Waals surface area (Å²) in [6, 6.07) is 0. The number of rotatable bonds is 0. The predicted octanol–water partition coefficient (Wildman–Crippen LogP) is 4.51. The maximum absolute atomic E-state index is 5.54. The van der Waals surface area contributed by atoms with Crippen LogP contribution in [0.1, 0.15) is 0 Å². The van der Waals surface area contributed by atoms with Crippen LogP contribution >= 0.6 is 45.4 Å². The van der Waals surface area contributed by atoms with Crippen LogP contribution in [0.25, 0.3) is 0 Å². The van der Waals surface area contributed by atoms with Crippen LogP contribution in [0.15, 0.2) is 13.5 Å². The first-order valence-corrected chi connectivity index (χ1v) is 6.64. The molecule has 0 saturated heterocycles. The van der Waals surface area contributed by atoms with Crippen LogP contribution in [0.4, 0.5) is 0 Å². The average molecular weight is 206 g/mol. The molecule has 0 radical (unpaired) electrons. The molecule has 0 aromatic carbocycles. The fourth-order valence-electron chi connectivity index (χ4n) is 0.168. The van der Waals surface area contributed by atoms with E-state index in [1.807, 2.05) is 0 Å². The topological polar surface area (TPSA) is 37.1 Å². The van der Waals surface area contributed by atoms with Crippen molar-refractivity contribution < 1.29 is 0 Å². The number of hydrogen-bond donors (Lipinski definition) is 0. The van der Waals surface area contributed by atoms with Gasteiger partial charge < -0.3 is 0 Å². The average Bonchev–Trinajstić information content (AvgIpc) is 1.65. The van der Waals surface area contributed by atoms with Crippen LogP contribution in [-0.2, 0) is 0 Å². The summed E-state index contributed by atoms with van der Waals surface area (Å²) in [5, 5.41) is 0. The Labute approximate surface area is 59.4 Å². The van der Waals surface area contributed by atoms with E-state index < -0.39 is 5.91 Å². The van der Waals surface area contributed by atoms with Gasteiger partial charge in [-0.25, -0.2) is 0 Å². The van der Waals surface area contributed by atoms with Crippen LogP contribution in [0.2, 0.25) is 0 Å². The SMILES string of the molecule is ClP1(Cl)=NP=NP=N1. The minimum Gasteiger partial charge on any atom is -0.175 e. The van der Waals surface area contributed by atoms with Crippen molar-refractivity contribution in [3.8, 4) is 0 Å². The van der Waals surface area contributed by atoms with E-state index in [1.54, 1.807) is 0 Å². The van der Waals surface area contributed by atoms with E-state index in [1.165, 1.54) is 0 Å². The maximum Gasteiger partial charge on any atom is 0.263 e. The van der Waals surface area contributed by atoms with E-state index in [-0.39, 0.29) is 0 Å². The third kappa shape index (κ3) is 2.09. The minimum absolute atomic E-state index is 0.607. The van der Waals surface area contributed by atoms with Gasteiger partial charge in [-0.15, -0.1) is 0 Å². The molecule has 0 aromatic rings. The lowest BCUT2D eigenvalue weighted by Crippen LogP contribution is -1.43. The van der Waals surface area contributed by atoms with E-state index in [4.69, 9.17) is 22.5 Å². The first-order chi connectivity index (χ1) is 3.71. The van der Waals surface area contributed by atoms with E-state index in [9.17, 15) is 0 Å². The highest BCUT2D eigenvalue weighted by Gasteiger charge is 2.09. The molecule has 0 amide bonds. The highest BCUT2D eigenvalue weighted by Crippen LogP contribution is 2.66. The second-order valence-electron chi connectivity index (χ2n) is 0.903. The minimum atomic E-state index is -2.26. The zero-order valence-electron chi connectivity index (χ0n) is 3.44. The lowest BCUT2D eigenvalue weighted by Gasteiger charge is -1.96. The molecule has 1 aliphatic heterocycles. The van der Waals surface area contributed by atoms with Crippen LogP contribution < -0.4 is 0 Å². The van der Waals surface area contributed by atoms with Gasteiger partial charge in [0, 0.05) is 0 Å². The highest BCUT2D eigenvalue weighted by molar-refractivity contribution is 8.11. The molecule has 0 bridgehead atoms. The number of hydrogen-bond acceptors (Lipinski definition) is 3. The first kappa shape index (κ1) is 7.12. The van der Waals surface area contributed by atoms with Crippen LogP contribution in [0.3, 0.4) is 0 Å². The zero-order valence-corrected chi connectivity index (χ0v) is 7.63. The quantitative estimate of drug-likeness (QED) is 0.522. The van der Waals surface area contributed by atoms with Crippen molar-refractivity contribution in [1.82, 2.24) is 0 Å². The molecule has 0 aliphatic carbocycles. The second kappa shape index (κ2) is 2.73. The van der Waals surface area contributed by atoms with Gasteiger partial charge in [-0.1, -0.05) is 0 Å². The van der Waals surface area contributed by atoms with Gasteiger partial charge in [0.2, 0.25) is 0 Å². The summed E-state index contributed by atoms with van der Waals surface area (Å²) in [7, 11) is 1.21. The zero-order chi connectivity index (χ0) is 6.04. The first-order valence-electron chi connectivity index (χ1n) is 1.54. The molecule has 8 heavy (non-hydrogen) atoms. The Morgan fingerprint density at radius 1 is 1.25 bits per heavy atom. The molecule has 0 saturated carbocycles. The Bertz CT molecular complexity index is 187. The van der Waals surface area contributed by atoms with Crippen molar-refractivity contribution in [2.75, 3.05) is 0 Å². The third-order valence-corrected chi connectivity index (χ3v) is 5.81. The number of halogens is 2. The van der Waals surface area contributed by atoms with Gasteiger partial charge in [-0.3, -0.25) is 0 Å². The van der Waals surface area contributed by atoms with Crippen molar-refractivity contribution in [3.05, 3.63) is 0 Å². The highest BCUT2D eigenvalue weighted by atomic mass is 35.9. The number of nitrogens with zero attached hydrogens (tertiary/aromatic N) is 3. The van der Waals surface area contributed by atoms with Gasteiger partial charge in [0.25, 0.3) is 5.91 Å². The summed E-state index contributed by atoms with van der Waals surface area (Å²) < 4.78 is 11.2. The van der Waals surface area contributed by atoms with Crippen LogP contribution in [0, 0.1) is 0 Å². The molecule has 0 spiro atoms. The molecule has 0 atom stereocenters. The lowest BCUT2D eigenvalue weighted by atomic mass is 13.8. The third-order valence-electron chi connectivity index (χ3n) is 0.375. The molecule has 0 N–H and O–H groups in total. The largest absolute Gasteiger partial charge is 0.263 e. The van der Waals surface area contributed by atoms with Crippen molar-refractivity contribution in [2.24, 2.45) is 13.5 Å². The Kier molecular flexibility index (Phi) is 2.43. The smallest absolute Gasteiger partial charge is 0.175 e. The molecule has 1 heterocycles. The monoisotopic (exact) mass is 205 g/mol. The van der Waals surface area contributed by atoms with Crippen molar-refractivity contribution in [2.45, 2.75) is 0 Å². The Balaban J connectivity index is 3.00.